The van der Waals surface area contributed by atoms with Gasteiger partial charge in [-0.15, -0.1) is 0 Å². The van der Waals surface area contributed by atoms with Gasteiger partial charge < -0.3 is 21.1 Å². The van der Waals surface area contributed by atoms with Crippen LogP contribution < -0.4 is 21.1 Å². The van der Waals surface area contributed by atoms with E-state index in [2.05, 4.69) is 0 Å². The van der Waals surface area contributed by atoms with Gasteiger partial charge in [-0.3, -0.25) is 9.59 Å². The molecule has 4 N–H and O–H groups in total. The van der Waals surface area contributed by atoms with E-state index >= 15 is 0 Å². The number of primary amides is 1. The molecule has 1 aliphatic heterocycles. The number of rotatable bonds is 5. The highest BCUT2D eigenvalue weighted by molar-refractivity contribution is 5.97. The van der Waals surface area contributed by atoms with Crippen molar-refractivity contribution in [2.75, 3.05) is 18.0 Å². The Morgan fingerprint density at radius 3 is 2.75 bits per heavy atom. The molecule has 6 heteroatoms. The topological polar surface area (TPSA) is 98.7 Å². The van der Waals surface area contributed by atoms with Crippen molar-refractivity contribution in [3.8, 4) is 5.75 Å². The number of amides is 2. The van der Waals surface area contributed by atoms with E-state index in [-0.39, 0.29) is 12.5 Å². The van der Waals surface area contributed by atoms with Gasteiger partial charge in [0, 0.05) is 6.42 Å². The average Bonchev–Trinajstić information content (AvgIpc) is 2.46. The number of benzene rings is 1. The minimum atomic E-state index is -0.802. The smallest absolute Gasteiger partial charge is 0.260 e. The maximum absolute atomic E-state index is 12.3. The van der Waals surface area contributed by atoms with Crippen LogP contribution in [0, 0.1) is 0 Å². The normalized spacial score (nSPS) is 17.2. The number of carbonyl (C=O) groups excluding carboxylic acids is 2. The van der Waals surface area contributed by atoms with Gasteiger partial charge in [-0.1, -0.05) is 12.1 Å². The fraction of sp³-hybridized carbons (Fsp3) is 0.429. The van der Waals surface area contributed by atoms with Crippen molar-refractivity contribution in [1.82, 2.24) is 0 Å². The van der Waals surface area contributed by atoms with E-state index in [0.717, 1.165) is 12.8 Å². The summed E-state index contributed by atoms with van der Waals surface area (Å²) in [6, 6.07) is 7.14. The van der Waals surface area contributed by atoms with E-state index in [1.807, 2.05) is 6.07 Å². The fourth-order valence-electron chi connectivity index (χ4n) is 2.17. The molecule has 0 saturated carbocycles. The van der Waals surface area contributed by atoms with Crippen LogP contribution in [-0.4, -0.2) is 31.0 Å². The molecule has 1 aromatic rings. The highest BCUT2D eigenvalue weighted by Gasteiger charge is 2.32. The lowest BCUT2D eigenvalue weighted by Crippen LogP contribution is -2.49. The van der Waals surface area contributed by atoms with Crippen molar-refractivity contribution >= 4 is 17.5 Å². The van der Waals surface area contributed by atoms with Crippen molar-refractivity contribution in [3.05, 3.63) is 24.3 Å². The lowest BCUT2D eigenvalue weighted by molar-refractivity contribution is -0.125. The molecule has 108 valence electrons. The van der Waals surface area contributed by atoms with Crippen LogP contribution in [-0.2, 0) is 9.59 Å². The van der Waals surface area contributed by atoms with Crippen molar-refractivity contribution in [2.24, 2.45) is 11.5 Å². The third-order valence-corrected chi connectivity index (χ3v) is 3.24. The monoisotopic (exact) mass is 277 g/mol. The highest BCUT2D eigenvalue weighted by Crippen LogP contribution is 2.33. The summed E-state index contributed by atoms with van der Waals surface area (Å²) in [5.74, 6) is -0.102. The van der Waals surface area contributed by atoms with E-state index in [1.165, 1.54) is 0 Å². The average molecular weight is 277 g/mol. The molecule has 0 bridgehead atoms. The largest absolute Gasteiger partial charge is 0.477 e. The zero-order chi connectivity index (χ0) is 14.5. The summed E-state index contributed by atoms with van der Waals surface area (Å²) < 4.78 is 5.51. The van der Waals surface area contributed by atoms with Crippen LogP contribution in [0.5, 0.6) is 5.75 Å². The molecule has 1 unspecified atom stereocenters. The quantitative estimate of drug-likeness (QED) is 0.761. The first-order chi connectivity index (χ1) is 9.63. The number of hydrogen-bond donors (Lipinski definition) is 2. The van der Waals surface area contributed by atoms with Crippen LogP contribution in [0.25, 0.3) is 0 Å². The SMILES string of the molecule is NCCCCC(=O)N1CC(C(N)=O)Oc2ccccc21. The molecule has 1 aromatic carbocycles. The second kappa shape index (κ2) is 6.38. The summed E-state index contributed by atoms with van der Waals surface area (Å²) in [5, 5.41) is 0. The van der Waals surface area contributed by atoms with Gasteiger partial charge in [-0.25, -0.2) is 0 Å². The Balaban J connectivity index is 2.18. The molecular weight excluding hydrogens is 258 g/mol. The van der Waals surface area contributed by atoms with Crippen LogP contribution >= 0.6 is 0 Å². The van der Waals surface area contributed by atoms with Gasteiger partial charge in [0.25, 0.3) is 5.91 Å². The van der Waals surface area contributed by atoms with E-state index in [0.29, 0.717) is 24.4 Å². The first-order valence-electron chi connectivity index (χ1n) is 6.69. The van der Waals surface area contributed by atoms with E-state index in [1.54, 1.807) is 23.1 Å². The van der Waals surface area contributed by atoms with Gasteiger partial charge in [0.1, 0.15) is 5.75 Å². The number of para-hydroxylation sites is 2. The Bertz CT molecular complexity index is 504. The maximum atomic E-state index is 12.3. The molecule has 1 aliphatic rings. The Morgan fingerprint density at radius 2 is 2.05 bits per heavy atom. The van der Waals surface area contributed by atoms with Gasteiger partial charge in [0.05, 0.1) is 12.2 Å². The standard InChI is InChI=1S/C14H19N3O3/c15-8-4-3-7-13(18)17-9-12(14(16)19)20-11-6-2-1-5-10(11)17/h1-2,5-6,12H,3-4,7-9,15H2,(H2,16,19). The minimum Gasteiger partial charge on any atom is -0.477 e. The second-order valence-corrected chi connectivity index (χ2v) is 4.73. The van der Waals surface area contributed by atoms with Crippen LogP contribution in [0.2, 0.25) is 0 Å². The van der Waals surface area contributed by atoms with Crippen LogP contribution in [0.1, 0.15) is 19.3 Å². The number of anilines is 1. The van der Waals surface area contributed by atoms with Gasteiger partial charge in [0.2, 0.25) is 5.91 Å². The lowest BCUT2D eigenvalue weighted by Gasteiger charge is -2.33. The molecule has 0 radical (unpaired) electrons. The minimum absolute atomic E-state index is 0.0412. The third kappa shape index (κ3) is 3.08. The molecule has 20 heavy (non-hydrogen) atoms. The third-order valence-electron chi connectivity index (χ3n) is 3.24. The summed E-state index contributed by atoms with van der Waals surface area (Å²) in [5.41, 5.74) is 11.4. The van der Waals surface area contributed by atoms with Gasteiger partial charge in [-0.05, 0) is 31.5 Å². The highest BCUT2D eigenvalue weighted by atomic mass is 16.5. The zero-order valence-corrected chi connectivity index (χ0v) is 11.2. The molecular formula is C14H19N3O3. The summed E-state index contributed by atoms with van der Waals surface area (Å²) in [6.45, 7) is 0.727. The molecule has 6 nitrogen and oxygen atoms in total. The van der Waals surface area contributed by atoms with Crippen LogP contribution in [0.15, 0.2) is 24.3 Å². The Kier molecular flexibility index (Phi) is 4.57. The van der Waals surface area contributed by atoms with E-state index in [4.69, 9.17) is 16.2 Å². The number of nitrogens with zero attached hydrogens (tertiary/aromatic N) is 1. The molecule has 0 aliphatic carbocycles. The van der Waals surface area contributed by atoms with Crippen molar-refractivity contribution < 1.29 is 14.3 Å². The first-order valence-corrected chi connectivity index (χ1v) is 6.69. The van der Waals surface area contributed by atoms with Crippen LogP contribution in [0.4, 0.5) is 5.69 Å². The lowest BCUT2D eigenvalue weighted by atomic mass is 10.1. The predicted molar refractivity (Wildman–Crippen MR) is 75.3 cm³/mol. The summed E-state index contributed by atoms with van der Waals surface area (Å²) >= 11 is 0. The van der Waals surface area contributed by atoms with E-state index in [9.17, 15) is 9.59 Å². The Hall–Kier alpha value is -2.08. The number of fused-ring (bicyclic) bond motifs is 1. The predicted octanol–water partition coefficient (Wildman–Crippen LogP) is 0.395. The fourth-order valence-corrected chi connectivity index (χ4v) is 2.17. The molecule has 0 spiro atoms. The maximum Gasteiger partial charge on any atom is 0.260 e. The number of unbranched alkanes of at least 4 members (excludes halogenated alkanes) is 1. The molecule has 1 atom stereocenters. The molecule has 0 aromatic heterocycles. The first kappa shape index (κ1) is 14.3. The number of ether oxygens (including phenoxy) is 1. The number of hydrogen-bond acceptors (Lipinski definition) is 4. The van der Waals surface area contributed by atoms with Crippen molar-refractivity contribution in [3.63, 3.8) is 0 Å². The molecule has 2 rings (SSSR count). The summed E-state index contributed by atoms with van der Waals surface area (Å²) in [4.78, 5) is 25.2. The Morgan fingerprint density at radius 1 is 1.30 bits per heavy atom. The summed E-state index contributed by atoms with van der Waals surface area (Å²) in [7, 11) is 0. The van der Waals surface area contributed by atoms with Gasteiger partial charge in [-0.2, -0.15) is 0 Å². The Labute approximate surface area is 117 Å². The molecule has 0 fully saturated rings. The van der Waals surface area contributed by atoms with Gasteiger partial charge >= 0.3 is 0 Å². The molecule has 2 amide bonds. The molecule has 1 heterocycles. The number of nitrogens with two attached hydrogens (primary N) is 2. The van der Waals surface area contributed by atoms with Crippen molar-refractivity contribution in [1.29, 1.82) is 0 Å². The van der Waals surface area contributed by atoms with Crippen LogP contribution in [0.3, 0.4) is 0 Å². The summed E-state index contributed by atoms with van der Waals surface area (Å²) in [6.07, 6.45) is 1.13. The van der Waals surface area contributed by atoms with Crippen molar-refractivity contribution in [2.45, 2.75) is 25.4 Å². The zero-order valence-electron chi connectivity index (χ0n) is 11.2. The van der Waals surface area contributed by atoms with E-state index < -0.39 is 12.0 Å². The molecule has 0 saturated heterocycles. The number of carbonyl (C=O) groups is 2. The second-order valence-electron chi connectivity index (χ2n) is 4.73. The van der Waals surface area contributed by atoms with Gasteiger partial charge in [0.15, 0.2) is 6.10 Å².